The molecule has 33 heavy (non-hydrogen) atoms. The number of nitrogens with zero attached hydrogens (tertiary/aromatic N) is 3. The largest absolute Gasteiger partial charge is 0.497 e. The molecule has 1 aliphatic rings. The lowest BCUT2D eigenvalue weighted by molar-refractivity contribution is 0.0748. The van der Waals surface area contributed by atoms with Crippen LogP contribution in [-0.2, 0) is 6.54 Å². The summed E-state index contributed by atoms with van der Waals surface area (Å²) in [6, 6.07) is 11.3. The molecule has 1 fully saturated rings. The minimum Gasteiger partial charge on any atom is -0.497 e. The quantitative estimate of drug-likeness (QED) is 0.574. The molecular weight excluding hydrogens is 422 g/mol. The van der Waals surface area contributed by atoms with Gasteiger partial charge in [-0.2, -0.15) is 0 Å². The molecule has 0 aliphatic carbocycles. The number of aromatic nitrogens is 1. The molecule has 4 rings (SSSR count). The normalized spacial score (nSPS) is 13.8. The van der Waals surface area contributed by atoms with Gasteiger partial charge in [0.05, 0.1) is 32.3 Å². The maximum Gasteiger partial charge on any atom is 0.258 e. The van der Waals surface area contributed by atoms with Gasteiger partial charge in [0, 0.05) is 50.0 Å². The molecule has 0 radical (unpaired) electrons. The van der Waals surface area contributed by atoms with Gasteiger partial charge in [-0.3, -0.25) is 9.59 Å². The molecule has 1 aliphatic heterocycles. The Kier molecular flexibility index (Phi) is 6.44. The first-order chi connectivity index (χ1) is 16.0. The SMILES string of the molecule is CCn1cc(C(=O)N2CCN(c3ccc(OC)cc3)CC2)c2cc(OC)c(OC)cc2c1=O. The highest BCUT2D eigenvalue weighted by molar-refractivity contribution is 6.07. The monoisotopic (exact) mass is 451 g/mol. The van der Waals surface area contributed by atoms with E-state index in [4.69, 9.17) is 14.2 Å². The van der Waals surface area contributed by atoms with Crippen LogP contribution in [0.1, 0.15) is 17.3 Å². The molecule has 0 atom stereocenters. The number of carbonyl (C=O) groups is 1. The third kappa shape index (κ3) is 4.20. The number of anilines is 1. The second kappa shape index (κ2) is 9.44. The number of fused-ring (bicyclic) bond motifs is 1. The van der Waals surface area contributed by atoms with E-state index < -0.39 is 0 Å². The fraction of sp³-hybridized carbons (Fsp3) is 0.360. The van der Waals surface area contributed by atoms with Crippen molar-refractivity contribution in [1.82, 2.24) is 9.47 Å². The highest BCUT2D eigenvalue weighted by atomic mass is 16.5. The Morgan fingerprint density at radius 2 is 1.48 bits per heavy atom. The molecule has 2 heterocycles. The van der Waals surface area contributed by atoms with Gasteiger partial charge in [-0.1, -0.05) is 0 Å². The Bertz CT molecular complexity index is 1210. The predicted octanol–water partition coefficient (Wildman–Crippen LogP) is 3.01. The summed E-state index contributed by atoms with van der Waals surface area (Å²) in [6.07, 6.45) is 1.66. The lowest BCUT2D eigenvalue weighted by Gasteiger charge is -2.36. The molecule has 0 N–H and O–H groups in total. The van der Waals surface area contributed by atoms with Crippen LogP contribution < -0.4 is 24.7 Å². The standard InChI is InChI=1S/C25H29N3O5/c1-5-26-16-21(19-14-22(32-3)23(33-4)15-20(19)24(26)29)25(30)28-12-10-27(11-13-28)17-6-8-18(31-2)9-7-17/h6-9,14-16H,5,10-13H2,1-4H3. The summed E-state index contributed by atoms with van der Waals surface area (Å²) in [5.74, 6) is 1.67. The van der Waals surface area contributed by atoms with Crippen LogP contribution in [0.2, 0.25) is 0 Å². The number of carbonyl (C=O) groups excluding carboxylic acids is 1. The summed E-state index contributed by atoms with van der Waals surface area (Å²) in [7, 11) is 4.71. The number of benzene rings is 2. The summed E-state index contributed by atoms with van der Waals surface area (Å²) in [5.41, 5.74) is 1.43. The molecule has 8 heteroatoms. The van der Waals surface area contributed by atoms with Crippen molar-refractivity contribution in [3.05, 3.63) is 58.5 Å². The van der Waals surface area contributed by atoms with Gasteiger partial charge in [-0.15, -0.1) is 0 Å². The Hall–Kier alpha value is -3.68. The van der Waals surface area contributed by atoms with E-state index in [0.717, 1.165) is 24.5 Å². The minimum atomic E-state index is -0.158. The number of piperazine rings is 1. The fourth-order valence-electron chi connectivity index (χ4n) is 4.25. The summed E-state index contributed by atoms with van der Waals surface area (Å²) in [6.45, 7) is 4.97. The van der Waals surface area contributed by atoms with E-state index >= 15 is 0 Å². The Morgan fingerprint density at radius 3 is 2.03 bits per heavy atom. The molecule has 1 saturated heterocycles. The van der Waals surface area contributed by atoms with Crippen LogP contribution in [0, 0.1) is 0 Å². The zero-order chi connectivity index (χ0) is 23.5. The van der Waals surface area contributed by atoms with Crippen LogP contribution in [0.3, 0.4) is 0 Å². The lowest BCUT2D eigenvalue weighted by Crippen LogP contribution is -2.49. The van der Waals surface area contributed by atoms with E-state index in [9.17, 15) is 9.59 Å². The maximum atomic E-state index is 13.6. The summed E-state index contributed by atoms with van der Waals surface area (Å²) in [5, 5.41) is 1.02. The van der Waals surface area contributed by atoms with Crippen LogP contribution in [0.5, 0.6) is 17.2 Å². The van der Waals surface area contributed by atoms with E-state index in [1.807, 2.05) is 36.1 Å². The number of ether oxygens (including phenoxy) is 3. The third-order valence-electron chi connectivity index (χ3n) is 6.17. The molecule has 0 saturated carbocycles. The van der Waals surface area contributed by atoms with Crippen LogP contribution >= 0.6 is 0 Å². The molecular formula is C25H29N3O5. The van der Waals surface area contributed by atoms with Crippen molar-refractivity contribution in [3.8, 4) is 17.2 Å². The number of hydrogen-bond acceptors (Lipinski definition) is 6. The molecule has 2 aromatic carbocycles. The van der Waals surface area contributed by atoms with Crippen molar-refractivity contribution >= 4 is 22.4 Å². The summed E-state index contributed by atoms with van der Waals surface area (Å²) < 4.78 is 17.6. The number of methoxy groups -OCH3 is 3. The van der Waals surface area contributed by atoms with Gasteiger partial charge in [0.25, 0.3) is 11.5 Å². The predicted molar refractivity (Wildman–Crippen MR) is 128 cm³/mol. The van der Waals surface area contributed by atoms with E-state index in [1.54, 1.807) is 30.0 Å². The Balaban J connectivity index is 1.64. The van der Waals surface area contributed by atoms with Crippen LogP contribution in [0.25, 0.3) is 10.8 Å². The van der Waals surface area contributed by atoms with E-state index in [0.29, 0.717) is 47.5 Å². The van der Waals surface area contributed by atoms with Crippen molar-refractivity contribution in [1.29, 1.82) is 0 Å². The van der Waals surface area contributed by atoms with Crippen molar-refractivity contribution in [2.75, 3.05) is 52.4 Å². The Labute approximate surface area is 192 Å². The van der Waals surface area contributed by atoms with Crippen LogP contribution in [-0.4, -0.2) is 62.9 Å². The second-order valence-corrected chi connectivity index (χ2v) is 7.86. The Morgan fingerprint density at radius 1 is 0.879 bits per heavy atom. The van der Waals surface area contributed by atoms with Gasteiger partial charge in [-0.25, -0.2) is 0 Å². The molecule has 1 aromatic heterocycles. The highest BCUT2D eigenvalue weighted by Crippen LogP contribution is 2.33. The first-order valence-corrected chi connectivity index (χ1v) is 11.0. The molecule has 0 spiro atoms. The average molecular weight is 452 g/mol. The average Bonchev–Trinajstić information content (AvgIpc) is 2.88. The number of aryl methyl sites for hydroxylation is 1. The molecule has 0 bridgehead atoms. The number of amides is 1. The zero-order valence-electron chi connectivity index (χ0n) is 19.5. The zero-order valence-corrected chi connectivity index (χ0v) is 19.5. The van der Waals surface area contributed by atoms with Crippen LogP contribution in [0.15, 0.2) is 47.4 Å². The fourth-order valence-corrected chi connectivity index (χ4v) is 4.25. The smallest absolute Gasteiger partial charge is 0.258 e. The van der Waals surface area contributed by atoms with Gasteiger partial charge >= 0.3 is 0 Å². The van der Waals surface area contributed by atoms with Gasteiger partial charge < -0.3 is 28.6 Å². The molecule has 8 nitrogen and oxygen atoms in total. The number of rotatable bonds is 6. The lowest BCUT2D eigenvalue weighted by atomic mass is 10.0. The van der Waals surface area contributed by atoms with Gasteiger partial charge in [0.2, 0.25) is 0 Å². The highest BCUT2D eigenvalue weighted by Gasteiger charge is 2.25. The van der Waals surface area contributed by atoms with Crippen molar-refractivity contribution in [2.45, 2.75) is 13.5 Å². The van der Waals surface area contributed by atoms with Gasteiger partial charge in [-0.05, 0) is 43.3 Å². The van der Waals surface area contributed by atoms with Crippen molar-refractivity contribution in [2.24, 2.45) is 0 Å². The maximum absolute atomic E-state index is 13.6. The third-order valence-corrected chi connectivity index (χ3v) is 6.17. The van der Waals surface area contributed by atoms with Crippen LogP contribution in [0.4, 0.5) is 5.69 Å². The topological polar surface area (TPSA) is 73.2 Å². The molecule has 174 valence electrons. The molecule has 3 aromatic rings. The second-order valence-electron chi connectivity index (χ2n) is 7.86. The van der Waals surface area contributed by atoms with E-state index in [2.05, 4.69) is 4.90 Å². The van der Waals surface area contributed by atoms with Crippen molar-refractivity contribution < 1.29 is 19.0 Å². The van der Waals surface area contributed by atoms with E-state index in [-0.39, 0.29) is 11.5 Å². The summed E-state index contributed by atoms with van der Waals surface area (Å²) >= 11 is 0. The van der Waals surface area contributed by atoms with Crippen molar-refractivity contribution in [3.63, 3.8) is 0 Å². The minimum absolute atomic E-state index is 0.0937. The summed E-state index contributed by atoms with van der Waals surface area (Å²) in [4.78, 5) is 30.6. The van der Waals surface area contributed by atoms with Gasteiger partial charge in [0.15, 0.2) is 11.5 Å². The van der Waals surface area contributed by atoms with Gasteiger partial charge in [0.1, 0.15) is 5.75 Å². The first-order valence-electron chi connectivity index (χ1n) is 11.0. The number of pyridine rings is 1. The van der Waals surface area contributed by atoms with E-state index in [1.165, 1.54) is 14.2 Å². The molecule has 0 unspecified atom stereocenters. The number of hydrogen-bond donors (Lipinski definition) is 0. The first kappa shape index (κ1) is 22.5. The molecule has 1 amide bonds.